The van der Waals surface area contributed by atoms with Crippen molar-refractivity contribution in [3.8, 4) is 5.75 Å². The second kappa shape index (κ2) is 5.21. The van der Waals surface area contributed by atoms with Crippen LogP contribution >= 0.6 is 0 Å². The second-order valence-electron chi connectivity index (χ2n) is 3.54. The number of ether oxygens (including phenoxy) is 1. The lowest BCUT2D eigenvalue weighted by molar-refractivity contribution is 0.101. The van der Waals surface area contributed by atoms with E-state index in [0.29, 0.717) is 17.9 Å². The molecule has 0 aromatic carbocycles. The number of pyridine rings is 2. The molecule has 2 aromatic rings. The third kappa shape index (κ3) is 2.87. The number of rotatable bonds is 4. The zero-order valence-electron chi connectivity index (χ0n) is 9.46. The Morgan fingerprint density at radius 1 is 1.29 bits per heavy atom. The first-order valence-electron chi connectivity index (χ1n) is 5.25. The smallest absolute Gasteiger partial charge is 0.165 e. The van der Waals surface area contributed by atoms with Crippen LogP contribution in [0.1, 0.15) is 23.0 Å². The predicted octanol–water partition coefficient (Wildman–Crippen LogP) is 2.26. The highest BCUT2D eigenvalue weighted by molar-refractivity contribution is 5.96. The summed E-state index contributed by atoms with van der Waals surface area (Å²) in [6.45, 7) is 1.83. The van der Waals surface area contributed by atoms with Crippen LogP contribution in [-0.2, 0) is 6.61 Å². The van der Waals surface area contributed by atoms with Crippen molar-refractivity contribution in [2.45, 2.75) is 13.5 Å². The Morgan fingerprint density at radius 2 is 2.18 bits per heavy atom. The highest BCUT2D eigenvalue weighted by Gasteiger charge is 2.08. The zero-order valence-corrected chi connectivity index (χ0v) is 9.46. The van der Waals surface area contributed by atoms with Crippen molar-refractivity contribution in [2.75, 3.05) is 0 Å². The fourth-order valence-electron chi connectivity index (χ4n) is 1.41. The summed E-state index contributed by atoms with van der Waals surface area (Å²) < 4.78 is 5.56. The van der Waals surface area contributed by atoms with E-state index in [1.165, 1.54) is 13.1 Å². The maximum Gasteiger partial charge on any atom is 0.165 e. The van der Waals surface area contributed by atoms with E-state index >= 15 is 0 Å². The highest BCUT2D eigenvalue weighted by atomic mass is 16.5. The SMILES string of the molecule is CC(=O)c1cnccc1OCc1ccccn1. The number of carbonyl (C=O) groups excluding carboxylic acids is 1. The number of hydrogen-bond acceptors (Lipinski definition) is 4. The van der Waals surface area contributed by atoms with Crippen molar-refractivity contribution in [2.24, 2.45) is 0 Å². The molecule has 2 heterocycles. The van der Waals surface area contributed by atoms with Crippen molar-refractivity contribution in [1.29, 1.82) is 0 Å². The van der Waals surface area contributed by atoms with Gasteiger partial charge in [-0.2, -0.15) is 0 Å². The standard InChI is InChI=1S/C13H12N2O2/c1-10(16)12-8-14-7-5-13(12)17-9-11-4-2-3-6-15-11/h2-8H,9H2,1H3. The number of Topliss-reactive ketones (excluding diaryl/α,β-unsaturated/α-hetero) is 1. The summed E-state index contributed by atoms with van der Waals surface area (Å²) in [6, 6.07) is 7.29. The van der Waals surface area contributed by atoms with Crippen molar-refractivity contribution < 1.29 is 9.53 Å². The average molecular weight is 228 g/mol. The maximum atomic E-state index is 11.3. The normalized spacial score (nSPS) is 9.94. The van der Waals surface area contributed by atoms with Gasteiger partial charge >= 0.3 is 0 Å². The van der Waals surface area contributed by atoms with Crippen molar-refractivity contribution in [3.63, 3.8) is 0 Å². The molecule has 0 spiro atoms. The van der Waals surface area contributed by atoms with E-state index in [4.69, 9.17) is 4.74 Å². The van der Waals surface area contributed by atoms with E-state index in [9.17, 15) is 4.79 Å². The van der Waals surface area contributed by atoms with Crippen LogP contribution in [0.4, 0.5) is 0 Å². The van der Waals surface area contributed by atoms with Crippen molar-refractivity contribution in [3.05, 3.63) is 54.1 Å². The molecule has 0 atom stereocenters. The van der Waals surface area contributed by atoms with Gasteiger partial charge in [-0.25, -0.2) is 0 Å². The molecule has 0 aliphatic carbocycles. The number of carbonyl (C=O) groups is 1. The molecule has 0 aliphatic rings. The van der Waals surface area contributed by atoms with Crippen LogP contribution in [0, 0.1) is 0 Å². The molecule has 2 aromatic heterocycles. The molecule has 4 nitrogen and oxygen atoms in total. The van der Waals surface area contributed by atoms with Crippen LogP contribution in [0.5, 0.6) is 5.75 Å². The summed E-state index contributed by atoms with van der Waals surface area (Å²) in [7, 11) is 0. The van der Waals surface area contributed by atoms with Gasteiger partial charge in [0.05, 0.1) is 11.3 Å². The lowest BCUT2D eigenvalue weighted by Gasteiger charge is -2.08. The van der Waals surface area contributed by atoms with Gasteiger partial charge in [-0.15, -0.1) is 0 Å². The third-order valence-electron chi connectivity index (χ3n) is 2.26. The topological polar surface area (TPSA) is 52.1 Å². The minimum Gasteiger partial charge on any atom is -0.486 e. The van der Waals surface area contributed by atoms with Crippen molar-refractivity contribution in [1.82, 2.24) is 9.97 Å². The summed E-state index contributed by atoms with van der Waals surface area (Å²) in [5.41, 5.74) is 1.31. The summed E-state index contributed by atoms with van der Waals surface area (Å²) in [4.78, 5) is 19.4. The van der Waals surface area contributed by atoms with E-state index in [0.717, 1.165) is 5.69 Å². The van der Waals surface area contributed by atoms with Crippen LogP contribution in [0.2, 0.25) is 0 Å². The fraction of sp³-hybridized carbons (Fsp3) is 0.154. The first-order chi connectivity index (χ1) is 8.27. The molecule has 0 saturated heterocycles. The molecule has 0 radical (unpaired) electrons. The Morgan fingerprint density at radius 3 is 2.88 bits per heavy atom. The molecular formula is C13H12N2O2. The largest absolute Gasteiger partial charge is 0.486 e. The molecule has 0 saturated carbocycles. The van der Waals surface area contributed by atoms with Crippen molar-refractivity contribution >= 4 is 5.78 Å². The number of ketones is 1. The molecular weight excluding hydrogens is 216 g/mol. The van der Waals surface area contributed by atoms with E-state index in [2.05, 4.69) is 9.97 Å². The Hall–Kier alpha value is -2.23. The van der Waals surface area contributed by atoms with Crippen LogP contribution < -0.4 is 4.74 Å². The molecule has 0 fully saturated rings. The number of hydrogen-bond donors (Lipinski definition) is 0. The Kier molecular flexibility index (Phi) is 3.45. The molecule has 0 unspecified atom stereocenters. The molecule has 86 valence electrons. The average Bonchev–Trinajstić information content (AvgIpc) is 2.38. The minimum absolute atomic E-state index is 0.0610. The first-order valence-corrected chi connectivity index (χ1v) is 5.25. The van der Waals surface area contributed by atoms with Crippen LogP contribution in [0.15, 0.2) is 42.9 Å². The van der Waals surface area contributed by atoms with Gasteiger partial charge in [0.15, 0.2) is 5.78 Å². The third-order valence-corrected chi connectivity index (χ3v) is 2.26. The predicted molar refractivity (Wildman–Crippen MR) is 62.8 cm³/mol. The van der Waals surface area contributed by atoms with E-state index in [1.807, 2.05) is 18.2 Å². The van der Waals surface area contributed by atoms with Gasteiger partial charge in [0.25, 0.3) is 0 Å². The Labute approximate surface area is 99.3 Å². The van der Waals surface area contributed by atoms with E-state index < -0.39 is 0 Å². The number of nitrogens with zero attached hydrogens (tertiary/aromatic N) is 2. The minimum atomic E-state index is -0.0610. The lowest BCUT2D eigenvalue weighted by atomic mass is 10.2. The van der Waals surface area contributed by atoms with E-state index in [-0.39, 0.29) is 5.78 Å². The number of aromatic nitrogens is 2. The molecule has 17 heavy (non-hydrogen) atoms. The Bertz CT molecular complexity index is 512. The maximum absolute atomic E-state index is 11.3. The zero-order chi connectivity index (χ0) is 12.1. The van der Waals surface area contributed by atoms with Gasteiger partial charge in [-0.1, -0.05) is 6.07 Å². The molecule has 4 heteroatoms. The van der Waals surface area contributed by atoms with E-state index in [1.54, 1.807) is 18.5 Å². The van der Waals surface area contributed by atoms with Gasteiger partial charge < -0.3 is 4.74 Å². The first kappa shape index (κ1) is 11.3. The van der Waals surface area contributed by atoms with Gasteiger partial charge in [0.2, 0.25) is 0 Å². The van der Waals surface area contributed by atoms with Gasteiger partial charge in [0.1, 0.15) is 12.4 Å². The molecule has 2 rings (SSSR count). The van der Waals surface area contributed by atoms with Crippen LogP contribution in [0.25, 0.3) is 0 Å². The fourth-order valence-corrected chi connectivity index (χ4v) is 1.41. The van der Waals surface area contributed by atoms with Gasteiger partial charge in [-0.05, 0) is 25.1 Å². The second-order valence-corrected chi connectivity index (χ2v) is 3.54. The lowest BCUT2D eigenvalue weighted by Crippen LogP contribution is -2.03. The molecule has 0 aliphatic heterocycles. The van der Waals surface area contributed by atoms with Gasteiger partial charge in [0, 0.05) is 18.6 Å². The summed E-state index contributed by atoms with van der Waals surface area (Å²) in [6.07, 6.45) is 4.81. The molecule has 0 amide bonds. The summed E-state index contributed by atoms with van der Waals surface area (Å²) in [5.74, 6) is 0.479. The quantitative estimate of drug-likeness (QED) is 0.753. The molecule has 0 bridgehead atoms. The van der Waals surface area contributed by atoms with Crippen LogP contribution in [-0.4, -0.2) is 15.8 Å². The highest BCUT2D eigenvalue weighted by Crippen LogP contribution is 2.18. The summed E-state index contributed by atoms with van der Waals surface area (Å²) in [5, 5.41) is 0. The summed E-state index contributed by atoms with van der Waals surface area (Å²) >= 11 is 0. The Balaban J connectivity index is 2.12. The monoisotopic (exact) mass is 228 g/mol. The van der Waals surface area contributed by atoms with Gasteiger partial charge in [-0.3, -0.25) is 14.8 Å². The van der Waals surface area contributed by atoms with Crippen LogP contribution in [0.3, 0.4) is 0 Å². The molecule has 0 N–H and O–H groups in total.